The molecule has 4 heterocycles. The molecule has 6 rings (SSSR count). The van der Waals surface area contributed by atoms with Crippen LogP contribution in [-0.2, 0) is 13.0 Å². The molecule has 1 atom stereocenters. The molecule has 0 saturated heterocycles. The second kappa shape index (κ2) is 9.85. The Morgan fingerprint density at radius 3 is 2.87 bits per heavy atom. The number of aliphatic hydroxyl groups excluding tert-OH is 1. The first kappa shape index (κ1) is 24.6. The zero-order valence-electron chi connectivity index (χ0n) is 20.3. The Morgan fingerprint density at radius 1 is 1.26 bits per heavy atom. The van der Waals surface area contributed by atoms with Gasteiger partial charge in [-0.15, -0.1) is 0 Å². The van der Waals surface area contributed by atoms with E-state index in [1.54, 1.807) is 18.2 Å². The zero-order chi connectivity index (χ0) is 26.4. The summed E-state index contributed by atoms with van der Waals surface area (Å²) in [6.07, 6.45) is 4.07. The van der Waals surface area contributed by atoms with Crippen LogP contribution in [-0.4, -0.2) is 40.2 Å². The molecule has 0 bridgehead atoms. The quantitative estimate of drug-likeness (QED) is 0.427. The fourth-order valence-corrected chi connectivity index (χ4v) is 5.26. The smallest absolute Gasteiger partial charge is 0.326 e. The first-order valence-corrected chi connectivity index (χ1v) is 12.9. The number of fused-ring (bicyclic) bond motifs is 2. The average Bonchev–Trinajstić information content (AvgIpc) is 3.76. The van der Waals surface area contributed by atoms with E-state index in [1.807, 2.05) is 0 Å². The molecule has 38 heavy (non-hydrogen) atoms. The molecule has 11 heteroatoms. The van der Waals surface area contributed by atoms with Crippen LogP contribution >= 0.6 is 11.6 Å². The van der Waals surface area contributed by atoms with Gasteiger partial charge >= 0.3 is 6.03 Å². The van der Waals surface area contributed by atoms with E-state index in [9.17, 15) is 14.0 Å². The number of hydrogen-bond donors (Lipinski definition) is 3. The number of amides is 3. The van der Waals surface area contributed by atoms with Gasteiger partial charge in [-0.05, 0) is 55.5 Å². The molecule has 3 N–H and O–H groups in total. The van der Waals surface area contributed by atoms with Crippen LogP contribution in [0.2, 0.25) is 5.02 Å². The standard InChI is InChI=1S/C27H25ClFN5O4/c28-17-10-15-5-6-22(25-18(29)2-1-7-30-25)38-23(15)12-21(17)34-13-16-19(33-27(34)37)11-20(26(36)31-8-9-35)32-24(16)14-3-4-14/h1-2,7,10-12,14,22,35H,3-6,8-9,13H2,(H,31,36)(H,33,37). The van der Waals surface area contributed by atoms with Crippen molar-refractivity contribution in [3.05, 3.63) is 75.6 Å². The van der Waals surface area contributed by atoms with Crippen LogP contribution in [0.3, 0.4) is 0 Å². The molecular weight excluding hydrogens is 513 g/mol. The maximum Gasteiger partial charge on any atom is 0.326 e. The van der Waals surface area contributed by atoms with Gasteiger partial charge in [0.1, 0.15) is 29.1 Å². The van der Waals surface area contributed by atoms with Crippen molar-refractivity contribution < 1.29 is 23.8 Å². The van der Waals surface area contributed by atoms with Gasteiger partial charge in [-0.2, -0.15) is 0 Å². The molecule has 1 fully saturated rings. The Balaban J connectivity index is 1.32. The molecular formula is C27H25ClFN5O4. The maximum absolute atomic E-state index is 14.4. The summed E-state index contributed by atoms with van der Waals surface area (Å²) in [5.41, 5.74) is 3.92. The van der Waals surface area contributed by atoms with Gasteiger partial charge in [0.05, 0.1) is 35.2 Å². The number of benzene rings is 1. The number of nitrogens with zero attached hydrogens (tertiary/aromatic N) is 3. The van der Waals surface area contributed by atoms with Crippen molar-refractivity contribution in [2.45, 2.75) is 44.2 Å². The lowest BCUT2D eigenvalue weighted by Gasteiger charge is -2.33. The topological polar surface area (TPSA) is 117 Å². The number of nitrogens with one attached hydrogen (secondary N) is 2. The van der Waals surface area contributed by atoms with Crippen LogP contribution in [0.25, 0.3) is 0 Å². The number of rotatable bonds is 6. The summed E-state index contributed by atoms with van der Waals surface area (Å²) in [4.78, 5) is 36.1. The van der Waals surface area contributed by atoms with Gasteiger partial charge in [-0.25, -0.2) is 14.2 Å². The normalized spacial score (nSPS) is 18.2. The predicted octanol–water partition coefficient (Wildman–Crippen LogP) is 4.49. The Labute approximate surface area is 223 Å². The van der Waals surface area contributed by atoms with E-state index in [2.05, 4.69) is 20.6 Å². The third-order valence-corrected chi connectivity index (χ3v) is 7.31. The number of carbonyl (C=O) groups is 2. The zero-order valence-corrected chi connectivity index (χ0v) is 21.1. The SMILES string of the molecule is O=C(NCCO)c1cc2c(c(C3CC3)n1)CN(c1cc3c(cc1Cl)CCC(c1ncccc1F)O3)C(=O)N2. The van der Waals surface area contributed by atoms with E-state index < -0.39 is 23.9 Å². The molecule has 2 aliphatic heterocycles. The van der Waals surface area contributed by atoms with Crippen molar-refractivity contribution in [3.8, 4) is 5.75 Å². The number of pyridine rings is 2. The molecule has 2 aromatic heterocycles. The molecule has 1 saturated carbocycles. The summed E-state index contributed by atoms with van der Waals surface area (Å²) in [5, 5.41) is 14.9. The van der Waals surface area contributed by atoms with E-state index in [1.165, 1.54) is 23.2 Å². The minimum Gasteiger partial charge on any atom is -0.484 e. The van der Waals surface area contributed by atoms with Gasteiger partial charge in [-0.1, -0.05) is 11.6 Å². The molecule has 0 spiro atoms. The van der Waals surface area contributed by atoms with Crippen molar-refractivity contribution >= 4 is 34.9 Å². The number of hydrogen-bond acceptors (Lipinski definition) is 6. The van der Waals surface area contributed by atoms with Crippen LogP contribution in [0, 0.1) is 5.82 Å². The number of aryl methyl sites for hydroxylation is 1. The van der Waals surface area contributed by atoms with Gasteiger partial charge < -0.3 is 20.5 Å². The number of urea groups is 1. The van der Waals surface area contributed by atoms with E-state index in [4.69, 9.17) is 21.4 Å². The molecule has 0 radical (unpaired) electrons. The molecule has 1 unspecified atom stereocenters. The summed E-state index contributed by atoms with van der Waals surface area (Å²) >= 11 is 6.66. The number of ether oxygens (including phenoxy) is 1. The summed E-state index contributed by atoms with van der Waals surface area (Å²) < 4.78 is 20.5. The Bertz CT molecular complexity index is 1450. The highest BCUT2D eigenvalue weighted by Crippen LogP contribution is 2.46. The third kappa shape index (κ3) is 4.54. The van der Waals surface area contributed by atoms with Crippen LogP contribution in [0.4, 0.5) is 20.6 Å². The lowest BCUT2D eigenvalue weighted by atomic mass is 9.98. The highest BCUT2D eigenvalue weighted by molar-refractivity contribution is 6.34. The lowest BCUT2D eigenvalue weighted by Crippen LogP contribution is -2.40. The highest BCUT2D eigenvalue weighted by atomic mass is 35.5. The number of aliphatic hydroxyl groups is 1. The van der Waals surface area contributed by atoms with E-state index in [0.717, 1.165) is 29.7 Å². The van der Waals surface area contributed by atoms with Gasteiger partial charge in [0.25, 0.3) is 5.91 Å². The van der Waals surface area contributed by atoms with E-state index in [-0.39, 0.29) is 37.0 Å². The van der Waals surface area contributed by atoms with Crippen LogP contribution < -0.4 is 20.3 Å². The van der Waals surface area contributed by atoms with Gasteiger partial charge in [0.2, 0.25) is 0 Å². The molecule has 1 aromatic carbocycles. The fraction of sp³-hybridized carbons (Fsp3) is 0.333. The predicted molar refractivity (Wildman–Crippen MR) is 138 cm³/mol. The van der Waals surface area contributed by atoms with E-state index in [0.29, 0.717) is 35.0 Å². The third-order valence-electron chi connectivity index (χ3n) is 7.01. The van der Waals surface area contributed by atoms with Crippen molar-refractivity contribution in [2.75, 3.05) is 23.4 Å². The number of carbonyl (C=O) groups excluding carboxylic acids is 2. The van der Waals surface area contributed by atoms with Crippen molar-refractivity contribution in [1.29, 1.82) is 0 Å². The Kier molecular flexibility index (Phi) is 6.37. The molecule has 3 amide bonds. The monoisotopic (exact) mass is 537 g/mol. The molecule has 196 valence electrons. The minimum absolute atomic E-state index is 0.114. The molecule has 1 aliphatic carbocycles. The maximum atomic E-state index is 14.4. The first-order valence-electron chi connectivity index (χ1n) is 12.5. The summed E-state index contributed by atoms with van der Waals surface area (Å²) in [5.74, 6) is -0.0934. The van der Waals surface area contributed by atoms with Crippen molar-refractivity contribution in [2.24, 2.45) is 0 Å². The second-order valence-corrected chi connectivity index (χ2v) is 10.0. The summed E-state index contributed by atoms with van der Waals surface area (Å²) in [6, 6.07) is 7.56. The van der Waals surface area contributed by atoms with Crippen LogP contribution in [0.5, 0.6) is 5.75 Å². The van der Waals surface area contributed by atoms with Gasteiger partial charge in [0, 0.05) is 30.3 Å². The second-order valence-electron chi connectivity index (χ2n) is 9.62. The van der Waals surface area contributed by atoms with E-state index >= 15 is 0 Å². The fourth-order valence-electron chi connectivity index (χ4n) is 4.97. The van der Waals surface area contributed by atoms with Crippen LogP contribution in [0.1, 0.15) is 64.3 Å². The lowest BCUT2D eigenvalue weighted by molar-refractivity contribution is 0.0939. The molecule has 3 aromatic rings. The largest absolute Gasteiger partial charge is 0.484 e. The number of anilines is 2. The van der Waals surface area contributed by atoms with Crippen LogP contribution in [0.15, 0.2) is 36.5 Å². The minimum atomic E-state index is -0.547. The number of halogens is 2. The summed E-state index contributed by atoms with van der Waals surface area (Å²) in [7, 11) is 0. The number of aromatic nitrogens is 2. The van der Waals surface area contributed by atoms with Gasteiger partial charge in [0.15, 0.2) is 0 Å². The first-order chi connectivity index (χ1) is 18.4. The van der Waals surface area contributed by atoms with Gasteiger partial charge in [-0.3, -0.25) is 14.7 Å². The molecule has 9 nitrogen and oxygen atoms in total. The summed E-state index contributed by atoms with van der Waals surface area (Å²) in [6.45, 7) is 0.152. The highest BCUT2D eigenvalue weighted by Gasteiger charge is 2.36. The van der Waals surface area contributed by atoms with Crippen molar-refractivity contribution in [1.82, 2.24) is 15.3 Å². The average molecular weight is 538 g/mol. The van der Waals surface area contributed by atoms with Crippen molar-refractivity contribution in [3.63, 3.8) is 0 Å². The Morgan fingerprint density at radius 2 is 2.11 bits per heavy atom. The Hall–Kier alpha value is -3.76. The molecule has 3 aliphatic rings.